The van der Waals surface area contributed by atoms with Crippen LogP contribution in [0.5, 0.6) is 0 Å². The molecule has 0 aromatic heterocycles. The van der Waals surface area contributed by atoms with Crippen LogP contribution in [0, 0.1) is 11.8 Å². The molecule has 2 atom stereocenters. The van der Waals surface area contributed by atoms with Gasteiger partial charge in [-0.15, -0.1) is 0 Å². The van der Waals surface area contributed by atoms with Gasteiger partial charge in [0, 0.05) is 17.4 Å². The van der Waals surface area contributed by atoms with Gasteiger partial charge in [-0.2, -0.15) is 0 Å². The summed E-state index contributed by atoms with van der Waals surface area (Å²) < 4.78 is 0. The molecule has 1 saturated carbocycles. The molecule has 94 valence electrons. The Morgan fingerprint density at radius 2 is 2.00 bits per heavy atom. The van der Waals surface area contributed by atoms with Gasteiger partial charge in [-0.3, -0.25) is 0 Å². The Morgan fingerprint density at radius 1 is 1.24 bits per heavy atom. The number of anilines is 2. The molecule has 1 aliphatic rings. The summed E-state index contributed by atoms with van der Waals surface area (Å²) in [5.74, 6) is 1.55. The summed E-state index contributed by atoms with van der Waals surface area (Å²) in [5.41, 5.74) is 7.83. The molecule has 1 aliphatic carbocycles. The second-order valence-corrected chi connectivity index (χ2v) is 5.57. The average Bonchev–Trinajstić information content (AvgIpc) is 2.29. The summed E-state index contributed by atoms with van der Waals surface area (Å²) in [4.78, 5) is 0. The van der Waals surface area contributed by atoms with E-state index in [-0.39, 0.29) is 0 Å². The van der Waals surface area contributed by atoms with Crippen LogP contribution in [0.15, 0.2) is 24.3 Å². The Labute approximate surface area is 105 Å². The molecule has 2 rings (SSSR count). The van der Waals surface area contributed by atoms with Gasteiger partial charge < -0.3 is 11.1 Å². The second-order valence-electron chi connectivity index (χ2n) is 5.57. The van der Waals surface area contributed by atoms with Gasteiger partial charge in [-0.25, -0.2) is 0 Å². The van der Waals surface area contributed by atoms with E-state index < -0.39 is 0 Å². The van der Waals surface area contributed by atoms with Crippen LogP contribution in [0.1, 0.15) is 39.5 Å². The van der Waals surface area contributed by atoms with Crippen LogP contribution in [-0.4, -0.2) is 6.04 Å². The number of hydrogen-bond acceptors (Lipinski definition) is 2. The zero-order valence-electron chi connectivity index (χ0n) is 10.9. The third-order valence-corrected chi connectivity index (χ3v) is 3.91. The SMILES string of the molecule is CC(C)C1CCCCC1Nc1cccc(N)c1. The maximum atomic E-state index is 5.82. The number of hydrogen-bond donors (Lipinski definition) is 2. The highest BCUT2D eigenvalue weighted by atomic mass is 14.9. The van der Waals surface area contributed by atoms with E-state index in [0.29, 0.717) is 6.04 Å². The van der Waals surface area contributed by atoms with Gasteiger partial charge >= 0.3 is 0 Å². The molecule has 0 spiro atoms. The summed E-state index contributed by atoms with van der Waals surface area (Å²) in [6.07, 6.45) is 5.39. The molecule has 17 heavy (non-hydrogen) atoms. The van der Waals surface area contributed by atoms with E-state index in [9.17, 15) is 0 Å². The molecule has 1 aromatic carbocycles. The quantitative estimate of drug-likeness (QED) is 0.776. The number of rotatable bonds is 3. The Kier molecular flexibility index (Phi) is 3.93. The van der Waals surface area contributed by atoms with E-state index >= 15 is 0 Å². The zero-order chi connectivity index (χ0) is 12.3. The average molecular weight is 232 g/mol. The van der Waals surface area contributed by atoms with Crippen LogP contribution in [-0.2, 0) is 0 Å². The fraction of sp³-hybridized carbons (Fsp3) is 0.600. The van der Waals surface area contributed by atoms with Crippen LogP contribution in [0.2, 0.25) is 0 Å². The van der Waals surface area contributed by atoms with Gasteiger partial charge in [0.1, 0.15) is 0 Å². The van der Waals surface area contributed by atoms with Crippen molar-refractivity contribution >= 4 is 11.4 Å². The van der Waals surface area contributed by atoms with Crippen LogP contribution in [0.25, 0.3) is 0 Å². The summed E-state index contributed by atoms with van der Waals surface area (Å²) in [6.45, 7) is 4.67. The number of nitrogens with one attached hydrogen (secondary N) is 1. The summed E-state index contributed by atoms with van der Waals surface area (Å²) in [5, 5.41) is 3.67. The van der Waals surface area contributed by atoms with Crippen molar-refractivity contribution in [1.82, 2.24) is 0 Å². The van der Waals surface area contributed by atoms with Crippen molar-refractivity contribution < 1.29 is 0 Å². The molecule has 1 aromatic rings. The van der Waals surface area contributed by atoms with Crippen molar-refractivity contribution in [2.75, 3.05) is 11.1 Å². The van der Waals surface area contributed by atoms with Crippen molar-refractivity contribution in [3.05, 3.63) is 24.3 Å². The van der Waals surface area contributed by atoms with Crippen LogP contribution >= 0.6 is 0 Å². The first kappa shape index (κ1) is 12.3. The summed E-state index contributed by atoms with van der Waals surface area (Å²) >= 11 is 0. The maximum Gasteiger partial charge on any atom is 0.0363 e. The molecular weight excluding hydrogens is 208 g/mol. The lowest BCUT2D eigenvalue weighted by Gasteiger charge is -2.35. The molecule has 2 unspecified atom stereocenters. The van der Waals surface area contributed by atoms with Crippen LogP contribution in [0.4, 0.5) is 11.4 Å². The van der Waals surface area contributed by atoms with E-state index in [1.165, 1.54) is 31.4 Å². The molecular formula is C15H24N2. The second kappa shape index (κ2) is 5.44. The van der Waals surface area contributed by atoms with E-state index in [1.54, 1.807) is 0 Å². The Balaban J connectivity index is 2.05. The minimum absolute atomic E-state index is 0.616. The van der Waals surface area contributed by atoms with E-state index in [0.717, 1.165) is 17.5 Å². The lowest BCUT2D eigenvalue weighted by molar-refractivity contribution is 0.254. The molecule has 1 fully saturated rings. The van der Waals surface area contributed by atoms with E-state index in [4.69, 9.17) is 5.73 Å². The Morgan fingerprint density at radius 3 is 2.71 bits per heavy atom. The maximum absolute atomic E-state index is 5.82. The molecule has 0 aliphatic heterocycles. The van der Waals surface area contributed by atoms with Crippen LogP contribution in [0.3, 0.4) is 0 Å². The normalized spacial score (nSPS) is 24.9. The number of nitrogen functional groups attached to an aromatic ring is 1. The fourth-order valence-electron chi connectivity index (χ4n) is 2.98. The summed E-state index contributed by atoms with van der Waals surface area (Å²) in [6, 6.07) is 8.72. The minimum Gasteiger partial charge on any atom is -0.399 e. The minimum atomic E-state index is 0.616. The van der Waals surface area contributed by atoms with Crippen molar-refractivity contribution in [3.63, 3.8) is 0 Å². The van der Waals surface area contributed by atoms with Crippen LogP contribution < -0.4 is 11.1 Å². The highest BCUT2D eigenvalue weighted by Crippen LogP contribution is 2.32. The number of benzene rings is 1. The molecule has 0 amide bonds. The first-order chi connectivity index (χ1) is 8.16. The molecule has 0 bridgehead atoms. The lowest BCUT2D eigenvalue weighted by atomic mass is 9.78. The predicted octanol–water partition coefficient (Wildman–Crippen LogP) is 3.90. The number of nitrogens with two attached hydrogens (primary N) is 1. The van der Waals surface area contributed by atoms with Crippen molar-refractivity contribution in [3.8, 4) is 0 Å². The molecule has 0 heterocycles. The molecule has 0 radical (unpaired) electrons. The van der Waals surface area contributed by atoms with E-state index in [2.05, 4.69) is 25.2 Å². The third-order valence-electron chi connectivity index (χ3n) is 3.91. The fourth-order valence-corrected chi connectivity index (χ4v) is 2.98. The van der Waals surface area contributed by atoms with Gasteiger partial charge in [0.05, 0.1) is 0 Å². The lowest BCUT2D eigenvalue weighted by Crippen LogP contribution is -2.35. The highest BCUT2D eigenvalue weighted by Gasteiger charge is 2.27. The first-order valence-corrected chi connectivity index (χ1v) is 6.79. The topological polar surface area (TPSA) is 38.0 Å². The summed E-state index contributed by atoms with van der Waals surface area (Å²) in [7, 11) is 0. The van der Waals surface area contributed by atoms with Gasteiger partial charge in [0.2, 0.25) is 0 Å². The molecule has 0 saturated heterocycles. The monoisotopic (exact) mass is 232 g/mol. The smallest absolute Gasteiger partial charge is 0.0363 e. The van der Waals surface area contributed by atoms with Crippen molar-refractivity contribution in [2.24, 2.45) is 11.8 Å². The molecule has 2 heteroatoms. The standard InChI is InChI=1S/C15H24N2/c1-11(2)14-8-3-4-9-15(14)17-13-7-5-6-12(16)10-13/h5-7,10-11,14-15,17H,3-4,8-9,16H2,1-2H3. The molecule has 2 nitrogen and oxygen atoms in total. The molecule has 3 N–H and O–H groups in total. The van der Waals surface area contributed by atoms with Crippen molar-refractivity contribution in [1.29, 1.82) is 0 Å². The van der Waals surface area contributed by atoms with Gasteiger partial charge in [-0.05, 0) is 42.9 Å². The van der Waals surface area contributed by atoms with Gasteiger partial charge in [0.25, 0.3) is 0 Å². The van der Waals surface area contributed by atoms with Gasteiger partial charge in [0.15, 0.2) is 0 Å². The Bertz CT molecular complexity index is 360. The predicted molar refractivity (Wildman–Crippen MR) is 75.1 cm³/mol. The third kappa shape index (κ3) is 3.15. The highest BCUT2D eigenvalue weighted by molar-refractivity contribution is 5.54. The Hall–Kier alpha value is -1.18. The van der Waals surface area contributed by atoms with Gasteiger partial charge in [-0.1, -0.05) is 32.8 Å². The van der Waals surface area contributed by atoms with E-state index in [1.807, 2.05) is 18.2 Å². The first-order valence-electron chi connectivity index (χ1n) is 6.79. The zero-order valence-corrected chi connectivity index (χ0v) is 10.9. The largest absolute Gasteiger partial charge is 0.399 e. The van der Waals surface area contributed by atoms with Crippen molar-refractivity contribution in [2.45, 2.75) is 45.6 Å².